The third kappa shape index (κ3) is 4.51. The standard InChI is InChI=1S/C13H15Br2NO2/c1-2-17-12-8-10(9-14)7-11(15)13(12)18-6-4-3-5-16/h7-8H,2-4,6,9H2,1H3. The van der Waals surface area contributed by atoms with Crippen molar-refractivity contribution in [3.63, 3.8) is 0 Å². The molecule has 5 heteroatoms. The van der Waals surface area contributed by atoms with Crippen molar-refractivity contribution in [2.24, 2.45) is 0 Å². The summed E-state index contributed by atoms with van der Waals surface area (Å²) in [7, 11) is 0. The Labute approximate surface area is 124 Å². The van der Waals surface area contributed by atoms with E-state index in [9.17, 15) is 0 Å². The van der Waals surface area contributed by atoms with Crippen LogP contribution in [0, 0.1) is 11.3 Å². The van der Waals surface area contributed by atoms with Crippen molar-refractivity contribution >= 4 is 31.9 Å². The lowest BCUT2D eigenvalue weighted by Crippen LogP contribution is -2.02. The van der Waals surface area contributed by atoms with Crippen molar-refractivity contribution in [3.05, 3.63) is 22.2 Å². The van der Waals surface area contributed by atoms with Crippen LogP contribution in [0.25, 0.3) is 0 Å². The molecule has 0 aliphatic rings. The Morgan fingerprint density at radius 3 is 2.72 bits per heavy atom. The molecular formula is C13H15Br2NO2. The fraction of sp³-hybridized carbons (Fsp3) is 0.462. The highest BCUT2D eigenvalue weighted by Crippen LogP contribution is 2.37. The number of hydrogen-bond acceptors (Lipinski definition) is 3. The molecule has 0 amide bonds. The molecule has 0 saturated heterocycles. The van der Waals surface area contributed by atoms with Gasteiger partial charge in [-0.3, -0.25) is 0 Å². The molecule has 1 aromatic carbocycles. The zero-order valence-corrected chi connectivity index (χ0v) is 13.4. The lowest BCUT2D eigenvalue weighted by molar-refractivity contribution is 0.272. The highest BCUT2D eigenvalue weighted by Gasteiger charge is 2.11. The van der Waals surface area contributed by atoms with Crippen molar-refractivity contribution in [1.29, 1.82) is 5.26 Å². The second-order valence-corrected chi connectivity index (χ2v) is 5.00. The van der Waals surface area contributed by atoms with E-state index in [1.54, 1.807) is 0 Å². The van der Waals surface area contributed by atoms with E-state index < -0.39 is 0 Å². The maximum Gasteiger partial charge on any atom is 0.175 e. The smallest absolute Gasteiger partial charge is 0.175 e. The molecule has 0 N–H and O–H groups in total. The molecule has 0 heterocycles. The van der Waals surface area contributed by atoms with E-state index in [0.717, 1.165) is 21.1 Å². The van der Waals surface area contributed by atoms with Crippen LogP contribution >= 0.6 is 31.9 Å². The molecule has 0 spiro atoms. The molecule has 0 aliphatic heterocycles. The van der Waals surface area contributed by atoms with Gasteiger partial charge >= 0.3 is 0 Å². The Kier molecular flexibility index (Phi) is 7.14. The van der Waals surface area contributed by atoms with Crippen LogP contribution in [0.1, 0.15) is 25.3 Å². The first kappa shape index (κ1) is 15.3. The van der Waals surface area contributed by atoms with E-state index in [4.69, 9.17) is 14.7 Å². The molecule has 3 nitrogen and oxygen atoms in total. The van der Waals surface area contributed by atoms with Gasteiger partial charge in [0.25, 0.3) is 0 Å². The van der Waals surface area contributed by atoms with E-state index in [1.165, 1.54) is 0 Å². The fourth-order valence-electron chi connectivity index (χ4n) is 1.43. The van der Waals surface area contributed by atoms with Crippen molar-refractivity contribution in [2.75, 3.05) is 13.2 Å². The molecule has 1 rings (SSSR count). The van der Waals surface area contributed by atoms with Crippen LogP contribution in [0.2, 0.25) is 0 Å². The summed E-state index contributed by atoms with van der Waals surface area (Å²) in [5.41, 5.74) is 1.12. The Bertz CT molecular complexity index is 430. The average Bonchev–Trinajstić information content (AvgIpc) is 2.37. The van der Waals surface area contributed by atoms with Crippen molar-refractivity contribution in [2.45, 2.75) is 25.1 Å². The normalized spacial score (nSPS) is 9.89. The summed E-state index contributed by atoms with van der Waals surface area (Å²) in [6.07, 6.45) is 1.22. The van der Waals surface area contributed by atoms with Gasteiger partial charge in [0.2, 0.25) is 0 Å². The Balaban J connectivity index is 2.83. The van der Waals surface area contributed by atoms with E-state index in [1.807, 2.05) is 19.1 Å². The van der Waals surface area contributed by atoms with Gasteiger partial charge in [0.15, 0.2) is 11.5 Å². The number of alkyl halides is 1. The monoisotopic (exact) mass is 375 g/mol. The van der Waals surface area contributed by atoms with Gasteiger partial charge < -0.3 is 9.47 Å². The second-order valence-electron chi connectivity index (χ2n) is 3.58. The molecule has 0 bridgehead atoms. The number of nitrogens with zero attached hydrogens (tertiary/aromatic N) is 1. The van der Waals surface area contributed by atoms with Gasteiger partial charge in [0.05, 0.1) is 23.8 Å². The predicted octanol–water partition coefficient (Wildman–Crippen LogP) is 4.43. The number of hydrogen-bond donors (Lipinski definition) is 0. The number of rotatable bonds is 7. The minimum absolute atomic E-state index is 0.501. The van der Waals surface area contributed by atoms with Gasteiger partial charge in [-0.1, -0.05) is 15.9 Å². The number of unbranched alkanes of at least 4 members (excludes halogenated alkanes) is 1. The maximum atomic E-state index is 8.48. The fourth-order valence-corrected chi connectivity index (χ4v) is 2.35. The topological polar surface area (TPSA) is 42.2 Å². The molecule has 0 aromatic heterocycles. The van der Waals surface area contributed by atoms with Crippen LogP contribution in [0.5, 0.6) is 11.5 Å². The molecule has 0 saturated carbocycles. The SMILES string of the molecule is CCOc1cc(CBr)cc(Br)c1OCCCC#N. The van der Waals surface area contributed by atoms with Crippen LogP contribution in [-0.2, 0) is 5.33 Å². The van der Waals surface area contributed by atoms with Gasteiger partial charge in [-0.05, 0) is 47.0 Å². The van der Waals surface area contributed by atoms with E-state index in [-0.39, 0.29) is 0 Å². The third-order valence-electron chi connectivity index (χ3n) is 2.20. The Hall–Kier alpha value is -0.730. The van der Waals surface area contributed by atoms with Gasteiger partial charge in [0, 0.05) is 11.8 Å². The van der Waals surface area contributed by atoms with Crippen LogP contribution in [0.4, 0.5) is 0 Å². The summed E-state index contributed by atoms with van der Waals surface area (Å²) in [5.74, 6) is 1.44. The van der Waals surface area contributed by atoms with E-state index in [0.29, 0.717) is 31.8 Å². The highest BCUT2D eigenvalue weighted by molar-refractivity contribution is 9.10. The first-order valence-corrected chi connectivity index (χ1v) is 7.65. The van der Waals surface area contributed by atoms with E-state index >= 15 is 0 Å². The molecule has 98 valence electrons. The van der Waals surface area contributed by atoms with Crippen LogP contribution in [0.15, 0.2) is 16.6 Å². The van der Waals surface area contributed by atoms with E-state index in [2.05, 4.69) is 37.9 Å². The van der Waals surface area contributed by atoms with Crippen molar-refractivity contribution in [1.82, 2.24) is 0 Å². The molecule has 0 radical (unpaired) electrons. The minimum Gasteiger partial charge on any atom is -0.490 e. The zero-order chi connectivity index (χ0) is 13.4. The van der Waals surface area contributed by atoms with Crippen LogP contribution in [0.3, 0.4) is 0 Å². The predicted molar refractivity (Wildman–Crippen MR) is 78.3 cm³/mol. The quantitative estimate of drug-likeness (QED) is 0.522. The van der Waals surface area contributed by atoms with Crippen LogP contribution < -0.4 is 9.47 Å². The Morgan fingerprint density at radius 1 is 1.33 bits per heavy atom. The number of nitriles is 1. The summed E-state index contributed by atoms with van der Waals surface area (Å²) >= 11 is 6.91. The zero-order valence-electron chi connectivity index (χ0n) is 10.2. The van der Waals surface area contributed by atoms with Gasteiger partial charge in [0.1, 0.15) is 0 Å². The molecular weight excluding hydrogens is 362 g/mol. The van der Waals surface area contributed by atoms with Gasteiger partial charge in [-0.2, -0.15) is 5.26 Å². The molecule has 0 atom stereocenters. The summed E-state index contributed by atoms with van der Waals surface area (Å²) in [4.78, 5) is 0. The van der Waals surface area contributed by atoms with Crippen molar-refractivity contribution < 1.29 is 9.47 Å². The molecule has 0 fully saturated rings. The second kappa shape index (κ2) is 8.39. The summed E-state index contributed by atoms with van der Waals surface area (Å²) < 4.78 is 12.1. The summed E-state index contributed by atoms with van der Waals surface area (Å²) in [6.45, 7) is 3.04. The highest BCUT2D eigenvalue weighted by atomic mass is 79.9. The largest absolute Gasteiger partial charge is 0.490 e. The number of ether oxygens (including phenoxy) is 2. The van der Waals surface area contributed by atoms with Crippen molar-refractivity contribution in [3.8, 4) is 17.6 Å². The van der Waals surface area contributed by atoms with Crippen LogP contribution in [-0.4, -0.2) is 13.2 Å². The van der Waals surface area contributed by atoms with Gasteiger partial charge in [-0.25, -0.2) is 0 Å². The molecule has 0 aliphatic carbocycles. The lowest BCUT2D eigenvalue weighted by atomic mass is 10.2. The summed E-state index contributed by atoms with van der Waals surface area (Å²) in [6, 6.07) is 6.06. The lowest BCUT2D eigenvalue weighted by Gasteiger charge is -2.14. The first-order valence-electron chi connectivity index (χ1n) is 5.73. The number of halogens is 2. The molecule has 18 heavy (non-hydrogen) atoms. The minimum atomic E-state index is 0.501. The Morgan fingerprint density at radius 2 is 2.11 bits per heavy atom. The first-order chi connectivity index (χ1) is 8.72. The number of benzene rings is 1. The maximum absolute atomic E-state index is 8.48. The van der Waals surface area contributed by atoms with Gasteiger partial charge in [-0.15, -0.1) is 0 Å². The summed E-state index contributed by atoms with van der Waals surface area (Å²) in [5, 5.41) is 9.24. The average molecular weight is 377 g/mol. The third-order valence-corrected chi connectivity index (χ3v) is 3.44. The molecule has 1 aromatic rings. The molecule has 0 unspecified atom stereocenters.